The number of Topliss-reactive ketones (excluding diaryl/α,β-unsaturated/α-hetero) is 1. The van der Waals surface area contributed by atoms with Gasteiger partial charge in [0.2, 0.25) is 0 Å². The van der Waals surface area contributed by atoms with E-state index in [1.54, 1.807) is 30.3 Å². The number of rotatable bonds is 3. The lowest BCUT2D eigenvalue weighted by atomic mass is 9.89. The van der Waals surface area contributed by atoms with Crippen molar-refractivity contribution in [3.63, 3.8) is 0 Å². The summed E-state index contributed by atoms with van der Waals surface area (Å²) < 4.78 is 1.57. The first-order valence-corrected chi connectivity index (χ1v) is 8.43. The van der Waals surface area contributed by atoms with Crippen LogP contribution in [0.15, 0.2) is 38.6 Å². The lowest BCUT2D eigenvalue weighted by Gasteiger charge is -2.19. The molecule has 0 fully saturated rings. The van der Waals surface area contributed by atoms with Crippen LogP contribution in [0.25, 0.3) is 0 Å². The average molecular weight is 431 g/mol. The minimum absolute atomic E-state index is 0.267. The Labute approximate surface area is 141 Å². The highest BCUT2D eigenvalue weighted by Gasteiger charge is 2.47. The minimum Gasteiger partial charge on any atom is -0.375 e. The fraction of sp³-hybridized carbons (Fsp3) is 0.143. The monoisotopic (exact) mass is 429 g/mol. The molecule has 2 aromatic rings. The molecule has 0 unspecified atom stereocenters. The Morgan fingerprint density at radius 2 is 2.05 bits per heavy atom. The third kappa shape index (κ3) is 2.59. The number of fused-ring (bicyclic) bond motifs is 1. The molecular formula is C14H9Br2NO3S. The van der Waals surface area contributed by atoms with Crippen molar-refractivity contribution in [2.45, 2.75) is 12.0 Å². The summed E-state index contributed by atoms with van der Waals surface area (Å²) >= 11 is 7.88. The molecule has 3 rings (SSSR count). The van der Waals surface area contributed by atoms with Gasteiger partial charge in [-0.15, -0.1) is 11.3 Å². The Bertz CT molecular complexity index is 758. The van der Waals surface area contributed by atoms with Gasteiger partial charge in [-0.2, -0.15) is 0 Å². The summed E-state index contributed by atoms with van der Waals surface area (Å²) in [4.78, 5) is 24.9. The van der Waals surface area contributed by atoms with Crippen LogP contribution in [-0.4, -0.2) is 16.8 Å². The van der Waals surface area contributed by atoms with Gasteiger partial charge >= 0.3 is 0 Å². The number of benzene rings is 1. The molecule has 0 bridgehead atoms. The van der Waals surface area contributed by atoms with Crippen LogP contribution in [0.3, 0.4) is 0 Å². The maximum Gasteiger partial charge on any atom is 0.261 e. The number of hydrogen-bond donors (Lipinski definition) is 2. The van der Waals surface area contributed by atoms with Gasteiger partial charge in [-0.05, 0) is 46.3 Å². The van der Waals surface area contributed by atoms with Crippen molar-refractivity contribution in [1.29, 1.82) is 0 Å². The van der Waals surface area contributed by atoms with E-state index in [0.717, 1.165) is 8.26 Å². The summed E-state index contributed by atoms with van der Waals surface area (Å²) in [7, 11) is 0. The van der Waals surface area contributed by atoms with Crippen molar-refractivity contribution in [2.24, 2.45) is 0 Å². The molecule has 0 radical (unpaired) electrons. The third-order valence-electron chi connectivity index (χ3n) is 3.32. The quantitative estimate of drug-likeness (QED) is 0.729. The molecule has 1 aromatic carbocycles. The van der Waals surface area contributed by atoms with E-state index >= 15 is 0 Å². The number of aliphatic hydroxyl groups is 1. The zero-order valence-electron chi connectivity index (χ0n) is 10.5. The Hall–Kier alpha value is -1.02. The fourth-order valence-electron chi connectivity index (χ4n) is 2.27. The summed E-state index contributed by atoms with van der Waals surface area (Å²) in [6.45, 7) is 0. The fourth-order valence-corrected chi connectivity index (χ4v) is 3.96. The first kappa shape index (κ1) is 14.9. The number of amides is 1. The SMILES string of the molecule is O=C(C[C@@]1(O)C(=O)Nc2ccc(Br)cc21)c1ccc(Br)s1. The number of nitrogens with one attached hydrogen (secondary N) is 1. The Morgan fingerprint density at radius 1 is 1.29 bits per heavy atom. The zero-order chi connectivity index (χ0) is 15.2. The van der Waals surface area contributed by atoms with Crippen molar-refractivity contribution in [3.05, 3.63) is 49.0 Å². The van der Waals surface area contributed by atoms with Gasteiger partial charge in [0.15, 0.2) is 11.4 Å². The molecule has 1 aliphatic rings. The van der Waals surface area contributed by atoms with Gasteiger partial charge in [0, 0.05) is 15.7 Å². The molecule has 108 valence electrons. The molecule has 7 heteroatoms. The Morgan fingerprint density at radius 3 is 2.71 bits per heavy atom. The molecule has 1 atom stereocenters. The topological polar surface area (TPSA) is 66.4 Å². The Balaban J connectivity index is 1.96. The van der Waals surface area contributed by atoms with Crippen LogP contribution in [-0.2, 0) is 10.4 Å². The number of halogens is 2. The molecule has 4 nitrogen and oxygen atoms in total. The zero-order valence-corrected chi connectivity index (χ0v) is 14.5. The van der Waals surface area contributed by atoms with Crippen molar-refractivity contribution < 1.29 is 14.7 Å². The van der Waals surface area contributed by atoms with E-state index in [9.17, 15) is 14.7 Å². The van der Waals surface area contributed by atoms with Gasteiger partial charge in [0.05, 0.1) is 15.1 Å². The molecular weight excluding hydrogens is 422 g/mol. The van der Waals surface area contributed by atoms with E-state index in [-0.39, 0.29) is 12.2 Å². The number of ketones is 1. The second kappa shape index (κ2) is 5.31. The predicted molar refractivity (Wildman–Crippen MR) is 87.6 cm³/mol. The highest BCUT2D eigenvalue weighted by Crippen LogP contribution is 2.40. The number of hydrogen-bond acceptors (Lipinski definition) is 4. The van der Waals surface area contributed by atoms with Crippen LogP contribution >= 0.6 is 43.2 Å². The van der Waals surface area contributed by atoms with Crippen molar-refractivity contribution in [1.82, 2.24) is 0 Å². The number of thiophene rings is 1. The molecule has 21 heavy (non-hydrogen) atoms. The summed E-state index contributed by atoms with van der Waals surface area (Å²) in [5.41, 5.74) is -0.871. The molecule has 2 N–H and O–H groups in total. The van der Waals surface area contributed by atoms with Crippen molar-refractivity contribution >= 4 is 60.6 Å². The van der Waals surface area contributed by atoms with Gasteiger partial charge in [-0.25, -0.2) is 0 Å². The average Bonchev–Trinajstić information content (AvgIpc) is 2.95. The molecule has 1 aromatic heterocycles. The Kier molecular flexibility index (Phi) is 3.77. The van der Waals surface area contributed by atoms with Crippen LogP contribution in [0.4, 0.5) is 5.69 Å². The van der Waals surface area contributed by atoms with E-state index in [2.05, 4.69) is 37.2 Å². The summed E-state index contributed by atoms with van der Waals surface area (Å²) in [6, 6.07) is 8.56. The van der Waals surface area contributed by atoms with E-state index in [4.69, 9.17) is 0 Å². The summed E-state index contributed by atoms with van der Waals surface area (Å²) in [5, 5.41) is 13.3. The van der Waals surface area contributed by atoms with Crippen LogP contribution in [0.5, 0.6) is 0 Å². The van der Waals surface area contributed by atoms with Crippen LogP contribution in [0, 0.1) is 0 Å². The second-order valence-corrected chi connectivity index (χ2v) is 8.09. The van der Waals surface area contributed by atoms with E-state index < -0.39 is 11.5 Å². The number of carbonyl (C=O) groups excluding carboxylic acids is 2. The second-order valence-electron chi connectivity index (χ2n) is 4.71. The van der Waals surface area contributed by atoms with Gasteiger partial charge in [0.25, 0.3) is 5.91 Å². The van der Waals surface area contributed by atoms with E-state index in [1.807, 2.05) is 0 Å². The smallest absolute Gasteiger partial charge is 0.261 e. The highest BCUT2D eigenvalue weighted by molar-refractivity contribution is 9.11. The van der Waals surface area contributed by atoms with Crippen LogP contribution in [0.2, 0.25) is 0 Å². The van der Waals surface area contributed by atoms with E-state index in [1.165, 1.54) is 11.3 Å². The van der Waals surface area contributed by atoms with E-state index in [0.29, 0.717) is 16.1 Å². The first-order chi connectivity index (χ1) is 9.90. The molecule has 0 spiro atoms. The number of carbonyl (C=O) groups is 2. The molecule has 0 aliphatic carbocycles. The van der Waals surface area contributed by atoms with Gasteiger partial charge in [-0.1, -0.05) is 15.9 Å². The molecule has 1 amide bonds. The maximum absolute atomic E-state index is 12.3. The largest absolute Gasteiger partial charge is 0.375 e. The van der Waals surface area contributed by atoms with Gasteiger partial charge < -0.3 is 10.4 Å². The molecule has 2 heterocycles. The molecule has 1 aliphatic heterocycles. The van der Waals surface area contributed by atoms with Crippen LogP contribution < -0.4 is 5.32 Å². The minimum atomic E-state index is -1.83. The molecule has 0 saturated carbocycles. The van der Waals surface area contributed by atoms with Crippen molar-refractivity contribution in [3.8, 4) is 0 Å². The normalized spacial score (nSPS) is 20.2. The van der Waals surface area contributed by atoms with Crippen LogP contribution in [0.1, 0.15) is 21.7 Å². The summed E-state index contributed by atoms with van der Waals surface area (Å²) in [6.07, 6.45) is -0.283. The lowest BCUT2D eigenvalue weighted by Crippen LogP contribution is -2.36. The maximum atomic E-state index is 12.3. The third-order valence-corrected chi connectivity index (χ3v) is 5.47. The van der Waals surface area contributed by atoms with Gasteiger partial charge in [-0.3, -0.25) is 9.59 Å². The highest BCUT2D eigenvalue weighted by atomic mass is 79.9. The predicted octanol–water partition coefficient (Wildman–Crippen LogP) is 3.69. The number of anilines is 1. The molecule has 0 saturated heterocycles. The van der Waals surface area contributed by atoms with Gasteiger partial charge in [0.1, 0.15) is 0 Å². The first-order valence-electron chi connectivity index (χ1n) is 6.02. The van der Waals surface area contributed by atoms with Crippen molar-refractivity contribution in [2.75, 3.05) is 5.32 Å². The lowest BCUT2D eigenvalue weighted by molar-refractivity contribution is -0.133. The standard InChI is InChI=1S/C14H9Br2NO3S/c15-7-1-2-9-8(5-7)14(20,13(19)17-9)6-10(18)11-3-4-12(16)21-11/h1-5,20H,6H2,(H,17,19)/t14-/m0/s1. The summed E-state index contributed by atoms with van der Waals surface area (Å²) in [5.74, 6) is -0.837.